The molecule has 0 heterocycles. The molecule has 3 heteroatoms. The third-order valence-corrected chi connectivity index (χ3v) is 4.88. The molecule has 0 radical (unpaired) electrons. The van der Waals surface area contributed by atoms with E-state index < -0.39 is 0 Å². The molecule has 1 nitrogen and oxygen atoms in total. The van der Waals surface area contributed by atoms with E-state index in [1.54, 1.807) is 6.07 Å². The van der Waals surface area contributed by atoms with E-state index >= 15 is 0 Å². The number of rotatable bonds is 5. The zero-order chi connectivity index (χ0) is 16.1. The van der Waals surface area contributed by atoms with E-state index in [0.29, 0.717) is 11.9 Å². The van der Waals surface area contributed by atoms with Crippen molar-refractivity contribution in [2.45, 2.75) is 13.5 Å². The summed E-state index contributed by atoms with van der Waals surface area (Å²) in [7, 11) is 0.238. The number of hydrogen-bond acceptors (Lipinski definition) is 1. The maximum atomic E-state index is 14.1. The molecule has 116 valence electrons. The highest BCUT2D eigenvalue weighted by Gasteiger charge is 2.08. The highest BCUT2D eigenvalue weighted by atomic mass is 31.1. The molecule has 0 saturated carbocycles. The average molecular weight is 324 g/mol. The van der Waals surface area contributed by atoms with Crippen LogP contribution in [0.2, 0.25) is 0 Å². The molecule has 3 rings (SSSR count). The second-order valence-corrected chi connectivity index (χ2v) is 6.71. The van der Waals surface area contributed by atoms with Gasteiger partial charge in [0.05, 0.1) is 0 Å². The molecule has 1 unspecified atom stereocenters. The Bertz CT molecular complexity index is 787. The normalized spacial score (nSPS) is 11.0. The van der Waals surface area contributed by atoms with Crippen LogP contribution in [0.25, 0.3) is 0 Å². The molecular weight excluding hydrogens is 306 g/mol. The second kappa shape index (κ2) is 7.39. The molecule has 0 aromatic heterocycles. The van der Waals surface area contributed by atoms with Gasteiger partial charge in [-0.25, -0.2) is 4.39 Å². The molecule has 0 amide bonds. The molecule has 23 heavy (non-hydrogen) atoms. The predicted molar refractivity (Wildman–Crippen MR) is 95.9 cm³/mol. The van der Waals surface area contributed by atoms with Crippen LogP contribution in [0.4, 0.5) is 4.39 Å². The van der Waals surface area contributed by atoms with Gasteiger partial charge in [-0.2, -0.15) is 0 Å². The highest BCUT2D eigenvalue weighted by molar-refractivity contribution is 7.55. The fraction of sp³-hybridized carbons (Fsp3) is 0.100. The van der Waals surface area contributed by atoms with Crippen molar-refractivity contribution in [3.05, 3.63) is 89.7 Å². The van der Waals surface area contributed by atoms with E-state index in [-0.39, 0.29) is 14.4 Å². The summed E-state index contributed by atoms with van der Waals surface area (Å²) in [4.78, 5) is 0. The lowest BCUT2D eigenvalue weighted by molar-refractivity contribution is 0.309. The van der Waals surface area contributed by atoms with Crippen LogP contribution in [0.5, 0.6) is 5.75 Å². The molecule has 0 fully saturated rings. The number of ether oxygens (including phenoxy) is 1. The van der Waals surface area contributed by atoms with Crippen molar-refractivity contribution >= 4 is 19.2 Å². The summed E-state index contributed by atoms with van der Waals surface area (Å²) in [5, 5.41) is 1.73. The minimum absolute atomic E-state index is 0.152. The Morgan fingerprint density at radius 3 is 2.39 bits per heavy atom. The Morgan fingerprint density at radius 2 is 1.61 bits per heavy atom. The maximum absolute atomic E-state index is 14.1. The zero-order valence-electron chi connectivity index (χ0n) is 12.9. The second-order valence-electron chi connectivity index (χ2n) is 5.38. The monoisotopic (exact) mass is 324 g/mol. The van der Waals surface area contributed by atoms with E-state index in [0.717, 1.165) is 22.2 Å². The predicted octanol–water partition coefficient (Wildman–Crippen LogP) is 4.34. The molecule has 0 saturated heterocycles. The fourth-order valence-electron chi connectivity index (χ4n) is 2.30. The van der Waals surface area contributed by atoms with Crippen molar-refractivity contribution in [2.24, 2.45) is 0 Å². The van der Waals surface area contributed by atoms with Gasteiger partial charge in [-0.1, -0.05) is 69.2 Å². The van der Waals surface area contributed by atoms with Crippen LogP contribution in [-0.2, 0) is 6.61 Å². The quantitative estimate of drug-likeness (QED) is 0.634. The van der Waals surface area contributed by atoms with Crippen molar-refractivity contribution in [2.75, 3.05) is 0 Å². The van der Waals surface area contributed by atoms with E-state index in [2.05, 4.69) is 0 Å². The Labute approximate surface area is 137 Å². The molecule has 0 aliphatic rings. The first-order chi connectivity index (χ1) is 11.2. The summed E-state index contributed by atoms with van der Waals surface area (Å²) in [6, 6.07) is 23.3. The Morgan fingerprint density at radius 1 is 0.870 bits per heavy atom. The van der Waals surface area contributed by atoms with Gasteiger partial charge >= 0.3 is 0 Å². The third-order valence-electron chi connectivity index (χ3n) is 3.52. The molecule has 0 N–H and O–H groups in total. The van der Waals surface area contributed by atoms with Crippen LogP contribution in [-0.4, -0.2) is 0 Å². The van der Waals surface area contributed by atoms with Crippen LogP contribution in [0.1, 0.15) is 11.1 Å². The van der Waals surface area contributed by atoms with Gasteiger partial charge in [0.2, 0.25) is 0 Å². The van der Waals surface area contributed by atoms with Crippen molar-refractivity contribution < 1.29 is 9.13 Å². The minimum atomic E-state index is -0.152. The fourth-order valence-corrected chi connectivity index (χ4v) is 3.40. The van der Waals surface area contributed by atoms with E-state index in [1.807, 2.05) is 73.7 Å². The van der Waals surface area contributed by atoms with Crippen LogP contribution < -0.4 is 15.3 Å². The molecule has 0 aliphatic heterocycles. The van der Waals surface area contributed by atoms with Gasteiger partial charge in [0.15, 0.2) is 0 Å². The first kappa shape index (κ1) is 15.7. The summed E-state index contributed by atoms with van der Waals surface area (Å²) >= 11 is 0. The number of para-hydroxylation sites is 1. The lowest BCUT2D eigenvalue weighted by Gasteiger charge is -2.12. The number of aryl methyl sites for hydroxylation is 1. The third kappa shape index (κ3) is 4.18. The topological polar surface area (TPSA) is 9.23 Å². The van der Waals surface area contributed by atoms with Crippen molar-refractivity contribution in [1.82, 2.24) is 0 Å². The maximum Gasteiger partial charge on any atom is 0.131 e. The summed E-state index contributed by atoms with van der Waals surface area (Å²) in [5.41, 5.74) is 2.05. The van der Waals surface area contributed by atoms with Crippen molar-refractivity contribution in [3.63, 3.8) is 0 Å². The summed E-state index contributed by atoms with van der Waals surface area (Å²) in [6.07, 6.45) is 0. The van der Waals surface area contributed by atoms with Gasteiger partial charge in [0.25, 0.3) is 0 Å². The lowest BCUT2D eigenvalue weighted by Crippen LogP contribution is -2.11. The van der Waals surface area contributed by atoms with Crippen LogP contribution in [0.15, 0.2) is 72.8 Å². The average Bonchev–Trinajstić information content (AvgIpc) is 2.57. The van der Waals surface area contributed by atoms with Crippen molar-refractivity contribution in [3.8, 4) is 5.75 Å². The first-order valence-electron chi connectivity index (χ1n) is 7.51. The molecule has 3 aromatic rings. The summed E-state index contributed by atoms with van der Waals surface area (Å²) in [6.45, 7) is 2.41. The first-order valence-corrected chi connectivity index (χ1v) is 8.51. The summed E-state index contributed by atoms with van der Waals surface area (Å²) in [5.74, 6) is 0.663. The largest absolute Gasteiger partial charge is 0.488 e. The van der Waals surface area contributed by atoms with Gasteiger partial charge < -0.3 is 4.74 Å². The van der Waals surface area contributed by atoms with Crippen LogP contribution >= 0.6 is 8.58 Å². The van der Waals surface area contributed by atoms with Gasteiger partial charge in [0, 0.05) is 10.6 Å². The van der Waals surface area contributed by atoms with Gasteiger partial charge in [-0.3, -0.25) is 0 Å². The van der Waals surface area contributed by atoms with E-state index in [1.165, 1.54) is 0 Å². The molecule has 0 bridgehead atoms. The number of hydrogen-bond donors (Lipinski definition) is 0. The standard InChI is InChI=1S/C20H18FOP/c1-15-11-12-19(17(21)13-15)23-20-10-6-5-9-18(20)22-14-16-7-3-2-4-8-16/h2-13,23H,14H2,1H3. The lowest BCUT2D eigenvalue weighted by atomic mass is 10.2. The molecular formula is C20H18FOP. The summed E-state index contributed by atoms with van der Waals surface area (Å²) < 4.78 is 20.0. The Kier molecular flexibility index (Phi) is 5.05. The van der Waals surface area contributed by atoms with Crippen molar-refractivity contribution in [1.29, 1.82) is 0 Å². The smallest absolute Gasteiger partial charge is 0.131 e. The van der Waals surface area contributed by atoms with Crippen LogP contribution in [0, 0.1) is 12.7 Å². The SMILES string of the molecule is Cc1ccc(Pc2ccccc2OCc2ccccc2)c(F)c1. The van der Waals surface area contributed by atoms with Gasteiger partial charge in [-0.05, 0) is 30.2 Å². The van der Waals surface area contributed by atoms with Gasteiger partial charge in [-0.15, -0.1) is 0 Å². The molecule has 0 aliphatic carbocycles. The molecule has 3 aromatic carbocycles. The molecule has 0 spiro atoms. The number of halogens is 1. The highest BCUT2D eigenvalue weighted by Crippen LogP contribution is 2.21. The Hall–Kier alpha value is -2.18. The number of benzene rings is 3. The van der Waals surface area contributed by atoms with Gasteiger partial charge in [0.1, 0.15) is 18.2 Å². The van der Waals surface area contributed by atoms with E-state index in [4.69, 9.17) is 4.74 Å². The van der Waals surface area contributed by atoms with E-state index in [9.17, 15) is 4.39 Å². The Balaban J connectivity index is 1.77. The zero-order valence-corrected chi connectivity index (χ0v) is 13.9. The molecule has 1 atom stereocenters. The van der Waals surface area contributed by atoms with Crippen LogP contribution in [0.3, 0.4) is 0 Å². The minimum Gasteiger partial charge on any atom is -0.488 e.